The van der Waals surface area contributed by atoms with Crippen molar-refractivity contribution in [1.29, 1.82) is 0 Å². The number of carbonyl (C=O) groups excluding carboxylic acids is 2. The molecule has 2 aromatic heterocycles. The molecule has 0 unspecified atom stereocenters. The Hall–Kier alpha value is -3.07. The van der Waals surface area contributed by atoms with E-state index in [1.807, 2.05) is 24.4 Å². The van der Waals surface area contributed by atoms with E-state index in [0.717, 1.165) is 11.3 Å². The van der Waals surface area contributed by atoms with Gasteiger partial charge in [0.15, 0.2) is 11.9 Å². The molecule has 7 nitrogen and oxygen atoms in total. The number of ether oxygens (including phenoxy) is 1. The summed E-state index contributed by atoms with van der Waals surface area (Å²) in [6.45, 7) is 3.91. The van der Waals surface area contributed by atoms with Crippen LogP contribution < -0.4 is 5.32 Å². The molecule has 2 heterocycles. The van der Waals surface area contributed by atoms with E-state index in [2.05, 4.69) is 15.4 Å². The van der Waals surface area contributed by atoms with Gasteiger partial charge in [0.25, 0.3) is 11.7 Å². The Morgan fingerprint density at radius 1 is 1.29 bits per heavy atom. The summed E-state index contributed by atoms with van der Waals surface area (Å²) in [5.74, 6) is -1.32. The van der Waals surface area contributed by atoms with Crippen LogP contribution in [0.4, 0.5) is 4.39 Å². The van der Waals surface area contributed by atoms with Gasteiger partial charge in [0.1, 0.15) is 5.82 Å². The van der Waals surface area contributed by atoms with Crippen molar-refractivity contribution in [1.82, 2.24) is 20.1 Å². The van der Waals surface area contributed by atoms with Gasteiger partial charge in [-0.2, -0.15) is 4.98 Å². The fourth-order valence-electron chi connectivity index (χ4n) is 2.38. The van der Waals surface area contributed by atoms with Gasteiger partial charge in [-0.3, -0.25) is 4.79 Å². The van der Waals surface area contributed by atoms with Gasteiger partial charge >= 0.3 is 5.97 Å². The van der Waals surface area contributed by atoms with Crippen molar-refractivity contribution in [2.45, 2.75) is 26.4 Å². The first-order chi connectivity index (χ1) is 13.5. The molecule has 3 rings (SSSR count). The van der Waals surface area contributed by atoms with Crippen molar-refractivity contribution < 1.29 is 18.7 Å². The lowest BCUT2D eigenvalue weighted by Crippen LogP contribution is -2.36. The van der Waals surface area contributed by atoms with Gasteiger partial charge in [-0.15, -0.1) is 16.4 Å². The molecule has 0 fully saturated rings. The van der Waals surface area contributed by atoms with Gasteiger partial charge in [-0.1, -0.05) is 13.0 Å². The molecule has 0 aliphatic carbocycles. The average Bonchev–Trinajstić information content (AvgIpc) is 3.36. The highest BCUT2D eigenvalue weighted by Crippen LogP contribution is 2.26. The van der Waals surface area contributed by atoms with Crippen LogP contribution in [0.25, 0.3) is 16.4 Å². The third-order valence-electron chi connectivity index (χ3n) is 3.80. The molecule has 0 radical (unpaired) electrons. The third-order valence-corrected chi connectivity index (χ3v) is 4.67. The molecule has 0 bridgehead atoms. The zero-order valence-corrected chi connectivity index (χ0v) is 16.2. The summed E-state index contributed by atoms with van der Waals surface area (Å²) < 4.78 is 19.9. The number of benzene rings is 1. The average molecular weight is 402 g/mol. The molecule has 1 N–H and O–H groups in total. The number of nitrogens with one attached hydrogen (secondary N) is 1. The van der Waals surface area contributed by atoms with Crippen LogP contribution >= 0.6 is 11.3 Å². The highest BCUT2D eigenvalue weighted by Gasteiger charge is 2.24. The Labute approximate surface area is 165 Å². The second-order valence-corrected chi connectivity index (χ2v) is 6.91. The summed E-state index contributed by atoms with van der Waals surface area (Å²) in [5.41, 5.74) is 0.546. The van der Waals surface area contributed by atoms with Gasteiger partial charge in [0, 0.05) is 6.54 Å². The van der Waals surface area contributed by atoms with Crippen LogP contribution in [0, 0.1) is 5.82 Å². The normalized spacial score (nSPS) is 11.8. The van der Waals surface area contributed by atoms with Crippen LogP contribution in [-0.2, 0) is 9.53 Å². The Morgan fingerprint density at radius 3 is 2.68 bits per heavy atom. The van der Waals surface area contributed by atoms with Crippen molar-refractivity contribution in [3.05, 3.63) is 53.4 Å². The summed E-state index contributed by atoms with van der Waals surface area (Å²) in [7, 11) is 0. The van der Waals surface area contributed by atoms with Gasteiger partial charge in [0.05, 0.1) is 10.6 Å². The fraction of sp³-hybridized carbons (Fsp3) is 0.263. The molecule has 1 aromatic carbocycles. The maximum Gasteiger partial charge on any atom is 0.379 e. The van der Waals surface area contributed by atoms with Crippen LogP contribution in [0.3, 0.4) is 0 Å². The lowest BCUT2D eigenvalue weighted by atomic mass is 10.3. The molecule has 0 saturated carbocycles. The van der Waals surface area contributed by atoms with E-state index in [9.17, 15) is 14.0 Å². The number of hydrogen-bond donors (Lipinski definition) is 1. The first-order valence-electron chi connectivity index (χ1n) is 8.75. The predicted molar refractivity (Wildman–Crippen MR) is 103 cm³/mol. The molecule has 146 valence electrons. The third kappa shape index (κ3) is 4.42. The maximum absolute atomic E-state index is 13.3. The second-order valence-electron chi connectivity index (χ2n) is 5.96. The van der Waals surface area contributed by atoms with Crippen molar-refractivity contribution in [3.63, 3.8) is 0 Å². The zero-order valence-electron chi connectivity index (χ0n) is 15.4. The highest BCUT2D eigenvalue weighted by molar-refractivity contribution is 7.13. The topological polar surface area (TPSA) is 86.1 Å². The van der Waals surface area contributed by atoms with E-state index in [1.54, 1.807) is 0 Å². The molecule has 1 amide bonds. The molecule has 0 saturated heterocycles. The van der Waals surface area contributed by atoms with E-state index >= 15 is 0 Å². The summed E-state index contributed by atoms with van der Waals surface area (Å²) in [4.78, 5) is 29.4. The molecule has 0 aliphatic heterocycles. The van der Waals surface area contributed by atoms with E-state index in [-0.39, 0.29) is 17.5 Å². The Balaban J connectivity index is 1.88. The fourth-order valence-corrected chi connectivity index (χ4v) is 3.08. The number of rotatable bonds is 7. The number of thiophene rings is 1. The number of hydrogen-bond acceptors (Lipinski definition) is 6. The molecule has 0 aliphatic rings. The maximum atomic E-state index is 13.3. The monoisotopic (exact) mass is 402 g/mol. The first kappa shape index (κ1) is 19.7. The van der Waals surface area contributed by atoms with Crippen molar-refractivity contribution >= 4 is 23.2 Å². The predicted octanol–water partition coefficient (Wildman–Crippen LogP) is 3.21. The summed E-state index contributed by atoms with van der Waals surface area (Å²) >= 11 is 1.43. The van der Waals surface area contributed by atoms with Crippen LogP contribution in [0.15, 0.2) is 41.8 Å². The van der Waals surface area contributed by atoms with Crippen LogP contribution in [-0.4, -0.2) is 39.3 Å². The molecular formula is C19H19FN4O3S. The molecular weight excluding hydrogens is 383 g/mol. The highest BCUT2D eigenvalue weighted by atomic mass is 32.1. The van der Waals surface area contributed by atoms with Gasteiger partial charge < -0.3 is 10.1 Å². The number of carbonyl (C=O) groups is 2. The lowest BCUT2D eigenvalue weighted by Gasteiger charge is -2.11. The van der Waals surface area contributed by atoms with Crippen LogP contribution in [0.1, 0.15) is 30.9 Å². The summed E-state index contributed by atoms with van der Waals surface area (Å²) in [6.07, 6.45) is -0.192. The van der Waals surface area contributed by atoms with E-state index in [0.29, 0.717) is 18.1 Å². The van der Waals surface area contributed by atoms with E-state index in [4.69, 9.17) is 4.74 Å². The minimum Gasteiger partial charge on any atom is -0.447 e. The van der Waals surface area contributed by atoms with Gasteiger partial charge in [0.2, 0.25) is 0 Å². The number of nitrogens with zero attached hydrogens (tertiary/aromatic N) is 3. The molecule has 0 spiro atoms. The standard InChI is InChI=1S/C19H19FN4O3S/c1-3-10-21-18(25)12(2)27-19(26)16-22-17(15-5-4-11-28-15)24(23-16)14-8-6-13(20)7-9-14/h4-9,11-12H,3,10H2,1-2H3,(H,21,25)/t12-/m1/s1. The largest absolute Gasteiger partial charge is 0.447 e. The number of amides is 1. The molecule has 9 heteroatoms. The molecule has 1 atom stereocenters. The number of esters is 1. The van der Waals surface area contributed by atoms with Crippen molar-refractivity contribution in [3.8, 4) is 16.4 Å². The summed E-state index contributed by atoms with van der Waals surface area (Å²) in [5, 5.41) is 8.76. The molecule has 3 aromatic rings. The minimum absolute atomic E-state index is 0.178. The number of aromatic nitrogens is 3. The van der Waals surface area contributed by atoms with E-state index < -0.39 is 12.1 Å². The Bertz CT molecular complexity index is 954. The quantitative estimate of drug-likeness (QED) is 0.614. The number of halogens is 1. The van der Waals surface area contributed by atoms with Crippen LogP contribution in [0.5, 0.6) is 0 Å². The Kier molecular flexibility index (Phi) is 6.15. The molecule has 28 heavy (non-hydrogen) atoms. The van der Waals surface area contributed by atoms with Crippen molar-refractivity contribution in [2.24, 2.45) is 0 Å². The zero-order chi connectivity index (χ0) is 20.1. The van der Waals surface area contributed by atoms with Crippen molar-refractivity contribution in [2.75, 3.05) is 6.54 Å². The SMILES string of the molecule is CCCNC(=O)[C@@H](C)OC(=O)c1nc(-c2cccs2)n(-c2ccc(F)cc2)n1. The minimum atomic E-state index is -0.970. The van der Waals surface area contributed by atoms with Gasteiger partial charge in [-0.25, -0.2) is 13.9 Å². The van der Waals surface area contributed by atoms with Crippen LogP contribution in [0.2, 0.25) is 0 Å². The first-order valence-corrected chi connectivity index (χ1v) is 9.63. The second kappa shape index (κ2) is 8.75. The summed E-state index contributed by atoms with van der Waals surface area (Å²) in [6, 6.07) is 9.36. The smallest absolute Gasteiger partial charge is 0.379 e. The van der Waals surface area contributed by atoms with E-state index in [1.165, 1.54) is 47.2 Å². The van der Waals surface area contributed by atoms with Gasteiger partial charge in [-0.05, 0) is 49.1 Å². The Morgan fingerprint density at radius 2 is 2.04 bits per heavy atom. The lowest BCUT2D eigenvalue weighted by molar-refractivity contribution is -0.129.